The molecule has 0 amide bonds. The van der Waals surface area contributed by atoms with Crippen LogP contribution in [0.4, 0.5) is 0 Å². The van der Waals surface area contributed by atoms with Crippen LogP contribution in [0.25, 0.3) is 0 Å². The van der Waals surface area contributed by atoms with Gasteiger partial charge in [-0.05, 0) is 12.1 Å². The third-order valence-electron chi connectivity index (χ3n) is 1.17. The Hall–Kier alpha value is -1.49. The van der Waals surface area contributed by atoms with Gasteiger partial charge in [-0.3, -0.25) is 0 Å². The minimum atomic E-state index is -0.749. The lowest BCUT2D eigenvalue weighted by Gasteiger charge is -1.94. The zero-order valence-corrected chi connectivity index (χ0v) is 6.78. The number of carbonyl (C=O) groups is 1. The predicted molar refractivity (Wildman–Crippen MR) is 42.8 cm³/mol. The van der Waals surface area contributed by atoms with E-state index in [2.05, 4.69) is 17.7 Å². The fraction of sp³-hybridized carbons (Fsp3) is 0. The van der Waals surface area contributed by atoms with Gasteiger partial charge >= 0.3 is 5.97 Å². The highest BCUT2D eigenvalue weighted by Crippen LogP contribution is 2.00. The molecule has 0 spiro atoms. The van der Waals surface area contributed by atoms with E-state index >= 15 is 0 Å². The van der Waals surface area contributed by atoms with Crippen LogP contribution in [0.5, 0.6) is 0 Å². The van der Waals surface area contributed by atoms with Crippen LogP contribution in [0.2, 0.25) is 0 Å². The molecule has 1 rings (SSSR count). The lowest BCUT2D eigenvalue weighted by molar-refractivity contribution is -0.645. The Balaban J connectivity index is 2.73. The van der Waals surface area contributed by atoms with Crippen LogP contribution in [0.1, 0.15) is 10.4 Å². The number of carbonyl (C=O) groups excluding carboxylic acids is 1. The molecule has 5 heteroatoms. The smallest absolute Gasteiger partial charge is 0.305 e. The summed E-state index contributed by atoms with van der Waals surface area (Å²) in [6, 6.07) is 8.13. The van der Waals surface area contributed by atoms with E-state index in [0.717, 1.165) is 0 Å². The number of nitrogens with zero attached hydrogens (tertiary/aromatic N) is 1. The van der Waals surface area contributed by atoms with Crippen molar-refractivity contribution < 1.29 is 14.0 Å². The van der Waals surface area contributed by atoms with Crippen molar-refractivity contribution >= 4 is 18.8 Å². The topological polar surface area (TPSA) is 46.4 Å². The summed E-state index contributed by atoms with van der Waals surface area (Å²) in [5, 5.41) is 0. The Labute approximate surface area is 74.2 Å². The van der Waals surface area contributed by atoms with Crippen LogP contribution in [0.15, 0.2) is 30.3 Å². The molecule has 0 radical (unpaired) electrons. The van der Waals surface area contributed by atoms with E-state index in [1.54, 1.807) is 18.2 Å². The van der Waals surface area contributed by atoms with Crippen molar-refractivity contribution in [1.29, 1.82) is 0 Å². The van der Waals surface area contributed by atoms with E-state index in [1.807, 2.05) is 0 Å². The Kier molecular flexibility index (Phi) is 2.71. The highest BCUT2D eigenvalue weighted by molar-refractivity contribution is 7.51. The molecule has 1 aromatic rings. The molecule has 0 atom stereocenters. The third kappa shape index (κ3) is 2.28. The van der Waals surface area contributed by atoms with Crippen LogP contribution in [-0.2, 0) is 17.7 Å². The first-order chi connectivity index (χ1) is 5.70. The van der Waals surface area contributed by atoms with Crippen molar-refractivity contribution in [2.24, 2.45) is 0 Å². The first-order valence-corrected chi connectivity index (χ1v) is 3.48. The summed E-state index contributed by atoms with van der Waals surface area (Å²) < 4.78 is -0.296. The maximum absolute atomic E-state index is 10.9. The molecule has 12 heavy (non-hydrogen) atoms. The minimum Gasteiger partial charge on any atom is -0.305 e. The molecule has 0 aliphatic rings. The SMILES string of the molecule is O=C(O[N+](=O)[S-])c1ccccc1. The van der Waals surface area contributed by atoms with E-state index in [1.165, 1.54) is 12.1 Å². The van der Waals surface area contributed by atoms with Crippen molar-refractivity contribution in [3.8, 4) is 0 Å². The van der Waals surface area contributed by atoms with Crippen LogP contribution in [-0.4, -0.2) is 10.3 Å². The predicted octanol–water partition coefficient (Wildman–Crippen LogP) is 0.999. The molecule has 1 aromatic carbocycles. The van der Waals surface area contributed by atoms with Gasteiger partial charge in [0.25, 0.3) is 0 Å². The zero-order chi connectivity index (χ0) is 8.97. The summed E-state index contributed by atoms with van der Waals surface area (Å²) in [6.07, 6.45) is 0. The third-order valence-corrected chi connectivity index (χ3v) is 1.24. The van der Waals surface area contributed by atoms with Gasteiger partial charge in [0, 0.05) is 0 Å². The minimum absolute atomic E-state index is 0.295. The lowest BCUT2D eigenvalue weighted by atomic mass is 10.2. The molecule has 0 unspecified atom stereocenters. The van der Waals surface area contributed by atoms with Gasteiger partial charge in [0.1, 0.15) is 4.33 Å². The highest BCUT2D eigenvalue weighted by Gasteiger charge is 2.10. The molecular formula is C7H5NO3S. The normalized spacial score (nSPS) is 9.00. The maximum Gasteiger partial charge on any atom is 0.414 e. The molecule has 0 N–H and O–H groups in total. The standard InChI is InChI=1S/C7H5NO3S/c9-7(11-8(10)12)6-4-2-1-3-5-6/h1-5H. The average molecular weight is 183 g/mol. The summed E-state index contributed by atoms with van der Waals surface area (Å²) in [7, 11) is 0. The van der Waals surface area contributed by atoms with Gasteiger partial charge in [-0.2, -0.15) is 4.84 Å². The summed E-state index contributed by atoms with van der Waals surface area (Å²) in [6.45, 7) is 0. The molecule has 0 heterocycles. The van der Waals surface area contributed by atoms with E-state index in [0.29, 0.717) is 5.56 Å². The fourth-order valence-corrected chi connectivity index (χ4v) is 0.762. The summed E-state index contributed by atoms with van der Waals surface area (Å²) in [5.74, 6) is -0.749. The van der Waals surface area contributed by atoms with Crippen molar-refractivity contribution in [1.82, 2.24) is 0 Å². The summed E-state index contributed by atoms with van der Waals surface area (Å²) in [5.41, 5.74) is 0.295. The van der Waals surface area contributed by atoms with E-state index in [4.69, 9.17) is 0 Å². The zero-order valence-electron chi connectivity index (χ0n) is 5.97. The number of hydrogen-bond donors (Lipinski definition) is 0. The largest absolute Gasteiger partial charge is 0.414 e. The second kappa shape index (κ2) is 3.77. The quantitative estimate of drug-likeness (QED) is 0.507. The monoisotopic (exact) mass is 183 g/mol. The molecule has 0 aromatic heterocycles. The van der Waals surface area contributed by atoms with Crippen molar-refractivity contribution in [2.75, 3.05) is 0 Å². The van der Waals surface area contributed by atoms with Crippen molar-refractivity contribution in [2.45, 2.75) is 0 Å². The van der Waals surface area contributed by atoms with Crippen LogP contribution in [0.3, 0.4) is 0 Å². The molecule has 0 bridgehead atoms. The van der Waals surface area contributed by atoms with E-state index in [9.17, 15) is 9.70 Å². The van der Waals surface area contributed by atoms with E-state index in [-0.39, 0.29) is 4.33 Å². The molecule has 0 aliphatic carbocycles. The second-order valence-corrected chi connectivity index (χ2v) is 2.27. The van der Waals surface area contributed by atoms with Gasteiger partial charge in [0.15, 0.2) is 0 Å². The van der Waals surface area contributed by atoms with Gasteiger partial charge in [0.2, 0.25) is 0 Å². The Morgan fingerprint density at radius 3 is 2.42 bits per heavy atom. The van der Waals surface area contributed by atoms with Gasteiger partial charge < -0.3 is 12.8 Å². The molecule has 0 fully saturated rings. The van der Waals surface area contributed by atoms with Gasteiger partial charge in [-0.15, -0.1) is 0 Å². The average Bonchev–Trinajstić information content (AvgIpc) is 2.05. The Bertz CT molecular complexity index is 299. The van der Waals surface area contributed by atoms with Crippen LogP contribution in [0, 0.1) is 4.91 Å². The van der Waals surface area contributed by atoms with Gasteiger partial charge in [-0.1, -0.05) is 18.2 Å². The first kappa shape index (κ1) is 8.61. The van der Waals surface area contributed by atoms with Crippen LogP contribution >= 0.6 is 0 Å². The Morgan fingerprint density at radius 2 is 1.92 bits per heavy atom. The van der Waals surface area contributed by atoms with Crippen molar-refractivity contribution in [3.05, 3.63) is 40.8 Å². The van der Waals surface area contributed by atoms with Gasteiger partial charge in [0.05, 0.1) is 10.5 Å². The van der Waals surface area contributed by atoms with E-state index < -0.39 is 5.97 Å². The molecule has 0 saturated carbocycles. The molecule has 4 nitrogen and oxygen atoms in total. The van der Waals surface area contributed by atoms with Crippen molar-refractivity contribution in [3.63, 3.8) is 0 Å². The molecule has 0 aliphatic heterocycles. The number of benzene rings is 1. The molecular weight excluding hydrogens is 178 g/mol. The maximum atomic E-state index is 10.9. The lowest BCUT2D eigenvalue weighted by Crippen LogP contribution is -2.10. The summed E-state index contributed by atoms with van der Waals surface area (Å²) in [4.78, 5) is 25.1. The van der Waals surface area contributed by atoms with Gasteiger partial charge in [-0.25, -0.2) is 4.79 Å². The first-order valence-electron chi connectivity index (χ1n) is 3.12. The second-order valence-electron chi connectivity index (χ2n) is 1.97. The number of rotatable bonds is 2. The Morgan fingerprint density at radius 1 is 1.33 bits per heavy atom. The summed E-state index contributed by atoms with van der Waals surface area (Å²) >= 11 is 3.99. The molecule has 0 saturated heterocycles. The molecule has 62 valence electrons. The number of hydrogen-bond acceptors (Lipinski definition) is 4. The fourth-order valence-electron chi connectivity index (χ4n) is 0.695. The van der Waals surface area contributed by atoms with Crippen LogP contribution < -0.4 is 0 Å². The highest BCUT2D eigenvalue weighted by atomic mass is 32.1.